The number of nitrogens with one attached hydrogen (secondary N) is 1. The van der Waals surface area contributed by atoms with Crippen molar-refractivity contribution in [3.8, 4) is 0 Å². The molecule has 1 N–H and O–H groups in total. The lowest BCUT2D eigenvalue weighted by atomic mass is 10.1. The second kappa shape index (κ2) is 4.62. The van der Waals surface area contributed by atoms with E-state index in [2.05, 4.69) is 21.2 Å². The van der Waals surface area contributed by atoms with Gasteiger partial charge in [-0.2, -0.15) is 0 Å². The van der Waals surface area contributed by atoms with Crippen LogP contribution in [0.15, 0.2) is 22.7 Å². The molecule has 76 valence electrons. The maximum absolute atomic E-state index is 6.14. The Hall–Kier alpha value is -0.0900. The van der Waals surface area contributed by atoms with E-state index in [-0.39, 0.29) is 6.04 Å². The first-order valence-electron chi connectivity index (χ1n) is 4.54. The highest BCUT2D eigenvalue weighted by molar-refractivity contribution is 9.10. The van der Waals surface area contributed by atoms with E-state index in [0.29, 0.717) is 6.61 Å². The van der Waals surface area contributed by atoms with Crippen molar-refractivity contribution in [2.24, 2.45) is 0 Å². The van der Waals surface area contributed by atoms with Crippen LogP contribution in [-0.4, -0.2) is 19.8 Å². The zero-order valence-corrected chi connectivity index (χ0v) is 9.94. The van der Waals surface area contributed by atoms with Crippen LogP contribution in [0.3, 0.4) is 0 Å². The van der Waals surface area contributed by atoms with Crippen molar-refractivity contribution < 1.29 is 4.74 Å². The summed E-state index contributed by atoms with van der Waals surface area (Å²) in [6.07, 6.45) is 0. The van der Waals surface area contributed by atoms with E-state index in [4.69, 9.17) is 16.3 Å². The number of benzene rings is 1. The molecule has 1 fully saturated rings. The molecule has 0 radical (unpaired) electrons. The molecule has 0 spiro atoms. The topological polar surface area (TPSA) is 21.3 Å². The summed E-state index contributed by atoms with van der Waals surface area (Å²) in [6.45, 7) is 2.34. The summed E-state index contributed by atoms with van der Waals surface area (Å²) in [6, 6.07) is 6.03. The van der Waals surface area contributed by atoms with Crippen LogP contribution < -0.4 is 5.32 Å². The Morgan fingerprint density at radius 1 is 1.50 bits per heavy atom. The molecule has 1 aromatic carbocycles. The van der Waals surface area contributed by atoms with Crippen LogP contribution in [0.5, 0.6) is 0 Å². The Kier molecular flexibility index (Phi) is 3.44. The lowest BCUT2D eigenvalue weighted by Crippen LogP contribution is -2.34. The Labute approximate surface area is 96.7 Å². The molecule has 14 heavy (non-hydrogen) atoms. The fraction of sp³-hybridized carbons (Fsp3) is 0.400. The molecule has 1 heterocycles. The molecule has 0 amide bonds. The van der Waals surface area contributed by atoms with Gasteiger partial charge in [0, 0.05) is 21.6 Å². The first-order chi connectivity index (χ1) is 6.79. The summed E-state index contributed by atoms with van der Waals surface area (Å²) >= 11 is 9.64. The van der Waals surface area contributed by atoms with Gasteiger partial charge in [0.25, 0.3) is 0 Å². The third kappa shape index (κ3) is 2.11. The van der Waals surface area contributed by atoms with Gasteiger partial charge < -0.3 is 10.1 Å². The minimum Gasteiger partial charge on any atom is -0.378 e. The van der Waals surface area contributed by atoms with Crippen molar-refractivity contribution in [3.63, 3.8) is 0 Å². The highest BCUT2D eigenvalue weighted by Crippen LogP contribution is 2.31. The number of rotatable bonds is 1. The lowest BCUT2D eigenvalue weighted by Gasteiger charge is -2.25. The molecule has 0 bridgehead atoms. The quantitative estimate of drug-likeness (QED) is 0.852. The smallest absolute Gasteiger partial charge is 0.0663 e. The molecular formula is C10H11BrClNO. The number of hydrogen-bond acceptors (Lipinski definition) is 2. The van der Waals surface area contributed by atoms with Crippen molar-refractivity contribution in [1.82, 2.24) is 5.32 Å². The maximum atomic E-state index is 6.14. The normalized spacial score (nSPS) is 22.3. The van der Waals surface area contributed by atoms with Crippen molar-refractivity contribution in [2.45, 2.75) is 6.04 Å². The number of ether oxygens (including phenoxy) is 1. The molecule has 1 aromatic rings. The van der Waals surface area contributed by atoms with Crippen LogP contribution in [0.4, 0.5) is 0 Å². The van der Waals surface area contributed by atoms with Crippen molar-refractivity contribution in [2.75, 3.05) is 19.8 Å². The highest BCUT2D eigenvalue weighted by atomic mass is 79.9. The minimum absolute atomic E-state index is 0.201. The molecule has 0 aliphatic carbocycles. The molecule has 1 atom stereocenters. The van der Waals surface area contributed by atoms with E-state index in [1.165, 1.54) is 0 Å². The summed E-state index contributed by atoms with van der Waals surface area (Å²) < 4.78 is 6.44. The van der Waals surface area contributed by atoms with Crippen molar-refractivity contribution >= 4 is 27.5 Å². The lowest BCUT2D eigenvalue weighted by molar-refractivity contribution is 0.0767. The molecule has 2 nitrogen and oxygen atoms in total. The molecule has 1 aliphatic heterocycles. The Morgan fingerprint density at radius 2 is 2.36 bits per heavy atom. The standard InChI is InChI=1S/C10H11BrClNO/c11-7-2-1-3-8(12)10(7)9-6-14-5-4-13-9/h1-3,9,13H,4-6H2/t9-/m0/s1. The van der Waals surface area contributed by atoms with Gasteiger partial charge in [-0.05, 0) is 12.1 Å². The SMILES string of the molecule is Clc1cccc(Br)c1[C@@H]1COCCN1. The van der Waals surface area contributed by atoms with Gasteiger partial charge in [-0.25, -0.2) is 0 Å². The van der Waals surface area contributed by atoms with E-state index in [1.54, 1.807) is 0 Å². The fourth-order valence-corrected chi connectivity index (χ4v) is 2.66. The second-order valence-electron chi connectivity index (χ2n) is 3.22. The zero-order chi connectivity index (χ0) is 9.97. The number of halogens is 2. The van der Waals surface area contributed by atoms with E-state index < -0.39 is 0 Å². The third-order valence-electron chi connectivity index (χ3n) is 2.27. The van der Waals surface area contributed by atoms with Crippen LogP contribution in [0.1, 0.15) is 11.6 Å². The number of hydrogen-bond donors (Lipinski definition) is 1. The maximum Gasteiger partial charge on any atom is 0.0663 e. The molecule has 0 unspecified atom stereocenters. The van der Waals surface area contributed by atoms with Crippen LogP contribution in [0, 0.1) is 0 Å². The monoisotopic (exact) mass is 275 g/mol. The van der Waals surface area contributed by atoms with Crippen LogP contribution in [-0.2, 0) is 4.74 Å². The van der Waals surface area contributed by atoms with Gasteiger partial charge in [-0.3, -0.25) is 0 Å². The van der Waals surface area contributed by atoms with Gasteiger partial charge in [0.1, 0.15) is 0 Å². The summed E-state index contributed by atoms with van der Waals surface area (Å²) in [4.78, 5) is 0. The predicted molar refractivity (Wildman–Crippen MR) is 60.7 cm³/mol. The third-order valence-corrected chi connectivity index (χ3v) is 3.29. The van der Waals surface area contributed by atoms with Crippen LogP contribution in [0.2, 0.25) is 5.02 Å². The van der Waals surface area contributed by atoms with Crippen molar-refractivity contribution in [3.05, 3.63) is 33.3 Å². The number of morpholine rings is 1. The largest absolute Gasteiger partial charge is 0.378 e. The molecule has 4 heteroatoms. The summed E-state index contributed by atoms with van der Waals surface area (Å²) in [5.74, 6) is 0. The molecular weight excluding hydrogens is 265 g/mol. The predicted octanol–water partition coefficient (Wildman–Crippen LogP) is 2.76. The molecule has 2 rings (SSSR count). The zero-order valence-electron chi connectivity index (χ0n) is 7.59. The highest BCUT2D eigenvalue weighted by Gasteiger charge is 2.19. The van der Waals surface area contributed by atoms with Crippen LogP contribution in [0.25, 0.3) is 0 Å². The summed E-state index contributed by atoms with van der Waals surface area (Å²) in [5.41, 5.74) is 1.09. The Balaban J connectivity index is 2.29. The average molecular weight is 277 g/mol. The first-order valence-corrected chi connectivity index (χ1v) is 5.71. The van der Waals surface area contributed by atoms with Gasteiger partial charge >= 0.3 is 0 Å². The van der Waals surface area contributed by atoms with Gasteiger partial charge in [-0.1, -0.05) is 33.6 Å². The van der Waals surface area contributed by atoms with E-state index in [1.807, 2.05) is 18.2 Å². The van der Waals surface area contributed by atoms with Crippen LogP contribution >= 0.6 is 27.5 Å². The summed E-state index contributed by atoms with van der Waals surface area (Å²) in [7, 11) is 0. The van der Waals surface area contributed by atoms with E-state index in [9.17, 15) is 0 Å². The molecule has 1 saturated heterocycles. The fourth-order valence-electron chi connectivity index (χ4n) is 1.59. The molecule has 0 saturated carbocycles. The van der Waals surface area contributed by atoms with Gasteiger partial charge in [0.15, 0.2) is 0 Å². The Bertz CT molecular complexity index is 306. The van der Waals surface area contributed by atoms with Crippen molar-refractivity contribution in [1.29, 1.82) is 0 Å². The Morgan fingerprint density at radius 3 is 3.00 bits per heavy atom. The van der Waals surface area contributed by atoms with Gasteiger partial charge in [0.2, 0.25) is 0 Å². The average Bonchev–Trinajstić information content (AvgIpc) is 2.19. The van der Waals surface area contributed by atoms with E-state index >= 15 is 0 Å². The second-order valence-corrected chi connectivity index (χ2v) is 4.48. The molecule has 0 aromatic heterocycles. The first kappa shape index (κ1) is 10.4. The molecule has 1 aliphatic rings. The minimum atomic E-state index is 0.201. The van der Waals surface area contributed by atoms with Gasteiger partial charge in [0.05, 0.1) is 19.3 Å². The van der Waals surface area contributed by atoms with E-state index in [0.717, 1.165) is 28.2 Å². The summed E-state index contributed by atoms with van der Waals surface area (Å²) in [5, 5.41) is 4.16. The van der Waals surface area contributed by atoms with Gasteiger partial charge in [-0.15, -0.1) is 0 Å².